The molecule has 3 heterocycles. The molecule has 0 aliphatic carbocycles. The summed E-state index contributed by atoms with van der Waals surface area (Å²) in [6.07, 6.45) is 2.70. The van der Waals surface area contributed by atoms with Crippen molar-refractivity contribution in [1.82, 2.24) is 9.80 Å². The summed E-state index contributed by atoms with van der Waals surface area (Å²) in [7, 11) is 1.97. The zero-order valence-corrected chi connectivity index (χ0v) is 17.0. The van der Waals surface area contributed by atoms with Gasteiger partial charge in [-0.25, -0.2) is 0 Å². The average molecular weight is 356 g/mol. The Bertz CT molecular complexity index is 626. The van der Waals surface area contributed by atoms with Gasteiger partial charge in [0.2, 0.25) is 0 Å². The lowest BCUT2D eigenvalue weighted by molar-refractivity contribution is -0.0329. The van der Waals surface area contributed by atoms with E-state index in [2.05, 4.69) is 68.8 Å². The Morgan fingerprint density at radius 2 is 1.46 bits per heavy atom. The van der Waals surface area contributed by atoms with Gasteiger partial charge in [-0.1, -0.05) is 24.3 Å². The number of piperidine rings is 1. The summed E-state index contributed by atoms with van der Waals surface area (Å²) in [5, 5.41) is 0. The minimum Gasteiger partial charge on any atom is -0.399 e. The molecule has 0 N–H and O–H groups in total. The first-order valence-corrected chi connectivity index (χ1v) is 10.0. The Kier molecular flexibility index (Phi) is 4.50. The molecule has 1 aromatic rings. The lowest BCUT2D eigenvalue weighted by Gasteiger charge is -2.53. The number of likely N-dealkylation sites (tertiary alicyclic amines) is 2. The number of hydrogen-bond donors (Lipinski definition) is 0. The predicted molar refractivity (Wildman–Crippen MR) is 107 cm³/mol. The van der Waals surface area contributed by atoms with Crippen LogP contribution < -0.4 is 5.46 Å². The summed E-state index contributed by atoms with van der Waals surface area (Å²) in [5.41, 5.74) is 2.56. The molecule has 142 valence electrons. The monoisotopic (exact) mass is 356 g/mol. The van der Waals surface area contributed by atoms with Gasteiger partial charge in [0.1, 0.15) is 0 Å². The van der Waals surface area contributed by atoms with Crippen LogP contribution in [0.3, 0.4) is 0 Å². The lowest BCUT2D eigenvalue weighted by atomic mass is 9.72. The van der Waals surface area contributed by atoms with Crippen LogP contribution in [0.2, 0.25) is 0 Å². The minimum atomic E-state index is -0.282. The van der Waals surface area contributed by atoms with Gasteiger partial charge in [-0.3, -0.25) is 4.90 Å². The Morgan fingerprint density at radius 3 is 1.96 bits per heavy atom. The molecule has 3 aliphatic rings. The molecule has 3 saturated heterocycles. The maximum atomic E-state index is 6.15. The van der Waals surface area contributed by atoms with E-state index in [9.17, 15) is 0 Å². The van der Waals surface area contributed by atoms with Crippen molar-refractivity contribution in [3.8, 4) is 0 Å². The molecule has 26 heavy (non-hydrogen) atoms. The molecule has 0 saturated carbocycles. The van der Waals surface area contributed by atoms with Crippen molar-refractivity contribution in [1.29, 1.82) is 0 Å². The van der Waals surface area contributed by atoms with E-state index in [1.165, 1.54) is 44.6 Å². The summed E-state index contributed by atoms with van der Waals surface area (Å²) in [6.45, 7) is 14.5. The van der Waals surface area contributed by atoms with Gasteiger partial charge in [-0.2, -0.15) is 0 Å². The van der Waals surface area contributed by atoms with Crippen LogP contribution in [0.1, 0.15) is 46.1 Å². The van der Waals surface area contributed by atoms with E-state index in [0.29, 0.717) is 5.41 Å². The molecule has 4 rings (SSSR count). The van der Waals surface area contributed by atoms with Gasteiger partial charge in [-0.05, 0) is 77.1 Å². The number of hydrogen-bond acceptors (Lipinski definition) is 4. The first kappa shape index (κ1) is 18.5. The van der Waals surface area contributed by atoms with Crippen LogP contribution in [0.5, 0.6) is 0 Å². The molecule has 0 bridgehead atoms. The van der Waals surface area contributed by atoms with Gasteiger partial charge in [0.15, 0.2) is 0 Å². The molecule has 0 aromatic heterocycles. The highest BCUT2D eigenvalue weighted by atomic mass is 16.7. The SMILES string of the molecule is CN1CC2(CCN(Cc3ccc(B4OC(C)(C)C(C)(C)O4)cc3)CC2)C1. The number of nitrogens with zero attached hydrogens (tertiary/aromatic N) is 2. The second-order valence-electron chi connectivity index (χ2n) is 9.78. The van der Waals surface area contributed by atoms with Crippen LogP contribution in [0.4, 0.5) is 0 Å². The van der Waals surface area contributed by atoms with Gasteiger partial charge in [0, 0.05) is 19.6 Å². The molecular weight excluding hydrogens is 323 g/mol. The first-order chi connectivity index (χ1) is 12.2. The fourth-order valence-electron chi connectivity index (χ4n) is 4.62. The smallest absolute Gasteiger partial charge is 0.399 e. The van der Waals surface area contributed by atoms with Gasteiger partial charge in [0.05, 0.1) is 11.2 Å². The van der Waals surface area contributed by atoms with E-state index in [1.807, 2.05) is 0 Å². The third-order valence-electron chi connectivity index (χ3n) is 7.04. The van der Waals surface area contributed by atoms with E-state index in [1.54, 1.807) is 0 Å². The Morgan fingerprint density at radius 1 is 0.923 bits per heavy atom. The third-order valence-corrected chi connectivity index (χ3v) is 7.04. The van der Waals surface area contributed by atoms with E-state index >= 15 is 0 Å². The van der Waals surface area contributed by atoms with Crippen molar-refractivity contribution < 1.29 is 9.31 Å². The molecule has 5 heteroatoms. The number of rotatable bonds is 3. The Hall–Kier alpha value is -0.875. The summed E-state index contributed by atoms with van der Waals surface area (Å²) in [4.78, 5) is 5.05. The lowest BCUT2D eigenvalue weighted by Crippen LogP contribution is -2.58. The molecule has 0 amide bonds. The molecule has 3 aliphatic heterocycles. The summed E-state index contributed by atoms with van der Waals surface area (Å²) in [6, 6.07) is 8.82. The van der Waals surface area contributed by atoms with Crippen LogP contribution in [-0.4, -0.2) is 61.3 Å². The zero-order chi connectivity index (χ0) is 18.6. The van der Waals surface area contributed by atoms with Crippen molar-refractivity contribution in [3.63, 3.8) is 0 Å². The minimum absolute atomic E-state index is 0.264. The highest BCUT2D eigenvalue weighted by molar-refractivity contribution is 6.62. The third kappa shape index (κ3) is 3.35. The van der Waals surface area contributed by atoms with Gasteiger partial charge >= 0.3 is 7.12 Å². The fourth-order valence-corrected chi connectivity index (χ4v) is 4.62. The van der Waals surface area contributed by atoms with E-state index < -0.39 is 0 Å². The highest BCUT2D eigenvalue weighted by Crippen LogP contribution is 2.39. The van der Waals surface area contributed by atoms with E-state index in [-0.39, 0.29) is 18.3 Å². The van der Waals surface area contributed by atoms with Crippen molar-refractivity contribution in [3.05, 3.63) is 29.8 Å². The van der Waals surface area contributed by atoms with Crippen molar-refractivity contribution in [2.75, 3.05) is 33.2 Å². The molecule has 0 radical (unpaired) electrons. The maximum absolute atomic E-state index is 6.15. The normalized spacial score (nSPS) is 27.7. The average Bonchev–Trinajstić information content (AvgIpc) is 2.77. The van der Waals surface area contributed by atoms with Crippen LogP contribution in [-0.2, 0) is 15.9 Å². The predicted octanol–water partition coefficient (Wildman–Crippen LogP) is 2.51. The standard InChI is InChI=1S/C21H33BN2O2/c1-19(2)20(3,4)26-22(25-19)18-8-6-17(7-9-18)14-24-12-10-21(11-13-24)15-23(5)16-21/h6-9H,10-16H2,1-5H3. The van der Waals surface area contributed by atoms with Crippen molar-refractivity contribution >= 4 is 12.6 Å². The maximum Gasteiger partial charge on any atom is 0.494 e. The quantitative estimate of drug-likeness (QED) is 0.777. The van der Waals surface area contributed by atoms with Gasteiger partial charge in [0.25, 0.3) is 0 Å². The zero-order valence-electron chi connectivity index (χ0n) is 17.0. The van der Waals surface area contributed by atoms with Gasteiger partial charge < -0.3 is 14.2 Å². The van der Waals surface area contributed by atoms with Gasteiger partial charge in [-0.15, -0.1) is 0 Å². The van der Waals surface area contributed by atoms with Crippen LogP contribution >= 0.6 is 0 Å². The summed E-state index contributed by atoms with van der Waals surface area (Å²) in [5.74, 6) is 0. The van der Waals surface area contributed by atoms with E-state index in [4.69, 9.17) is 9.31 Å². The highest BCUT2D eigenvalue weighted by Gasteiger charge is 2.51. The number of benzene rings is 1. The van der Waals surface area contributed by atoms with Crippen molar-refractivity contribution in [2.24, 2.45) is 5.41 Å². The van der Waals surface area contributed by atoms with Crippen molar-refractivity contribution in [2.45, 2.75) is 58.3 Å². The molecule has 3 fully saturated rings. The van der Waals surface area contributed by atoms with Crippen LogP contribution in [0, 0.1) is 5.41 Å². The van der Waals surface area contributed by atoms with Crippen LogP contribution in [0.15, 0.2) is 24.3 Å². The Labute approximate surface area is 159 Å². The molecule has 0 unspecified atom stereocenters. The summed E-state index contributed by atoms with van der Waals surface area (Å²) >= 11 is 0. The Balaban J connectivity index is 1.33. The fraction of sp³-hybridized carbons (Fsp3) is 0.714. The molecule has 1 spiro atoms. The topological polar surface area (TPSA) is 24.9 Å². The van der Waals surface area contributed by atoms with Crippen LogP contribution in [0.25, 0.3) is 0 Å². The molecule has 4 nitrogen and oxygen atoms in total. The second-order valence-corrected chi connectivity index (χ2v) is 9.78. The second kappa shape index (κ2) is 6.34. The summed E-state index contributed by atoms with van der Waals surface area (Å²) < 4.78 is 12.3. The largest absolute Gasteiger partial charge is 0.494 e. The molecular formula is C21H33BN2O2. The first-order valence-electron chi connectivity index (χ1n) is 10.0. The molecule has 1 aromatic carbocycles. The molecule has 0 atom stereocenters. The van der Waals surface area contributed by atoms with E-state index in [0.717, 1.165) is 12.0 Å².